The van der Waals surface area contributed by atoms with E-state index in [4.69, 9.17) is 0 Å². The fourth-order valence-corrected chi connectivity index (χ4v) is 2.42. The van der Waals surface area contributed by atoms with E-state index >= 15 is 0 Å². The molecule has 2 nitrogen and oxygen atoms in total. The molecule has 18 heavy (non-hydrogen) atoms. The summed E-state index contributed by atoms with van der Waals surface area (Å²) in [6.45, 7) is 5.56. The van der Waals surface area contributed by atoms with Crippen LogP contribution in [0.3, 0.4) is 0 Å². The minimum Gasteiger partial charge on any atom is -0.248 e. The van der Waals surface area contributed by atoms with Crippen molar-refractivity contribution in [3.05, 3.63) is 18.2 Å². The van der Waals surface area contributed by atoms with Crippen molar-refractivity contribution < 1.29 is 4.57 Å². The van der Waals surface area contributed by atoms with E-state index in [2.05, 4.69) is 35.9 Å². The lowest BCUT2D eigenvalue weighted by molar-refractivity contribution is -0.696. The van der Waals surface area contributed by atoms with E-state index in [1.165, 1.54) is 76.4 Å². The van der Waals surface area contributed by atoms with Crippen LogP contribution in [0.25, 0.3) is 0 Å². The standard InChI is InChI=1S/C16H30N2/c1-3-4-5-6-7-8-9-10-11-12-13-18-14-16(2)17-15-18/h14-15H,3-13H2,1-2H3/p+1. The molecule has 0 saturated carbocycles. The summed E-state index contributed by atoms with van der Waals surface area (Å²) in [5, 5.41) is 0. The number of hydrogen-bond acceptors (Lipinski definition) is 0. The van der Waals surface area contributed by atoms with E-state index in [0.717, 1.165) is 0 Å². The molecular weight excluding hydrogens is 220 g/mol. The summed E-state index contributed by atoms with van der Waals surface area (Å²) in [6, 6.07) is 0. The maximum atomic E-state index is 3.22. The third kappa shape index (κ3) is 7.52. The highest BCUT2D eigenvalue weighted by Gasteiger charge is 2.00. The number of rotatable bonds is 11. The van der Waals surface area contributed by atoms with Gasteiger partial charge in [-0.3, -0.25) is 0 Å². The Morgan fingerprint density at radius 1 is 0.889 bits per heavy atom. The van der Waals surface area contributed by atoms with Crippen LogP contribution < -0.4 is 4.57 Å². The Morgan fingerprint density at radius 2 is 1.44 bits per heavy atom. The van der Waals surface area contributed by atoms with Crippen LogP contribution in [-0.2, 0) is 6.54 Å². The molecule has 0 unspecified atom stereocenters. The number of aromatic amines is 1. The Balaban J connectivity index is 1.81. The minimum absolute atomic E-state index is 1.17. The first kappa shape index (κ1) is 15.3. The molecule has 0 spiro atoms. The number of unbranched alkanes of at least 4 members (excludes halogenated alkanes) is 9. The lowest BCUT2D eigenvalue weighted by atomic mass is 10.1. The molecule has 0 fully saturated rings. The summed E-state index contributed by atoms with van der Waals surface area (Å²) in [5.41, 5.74) is 1.25. The highest BCUT2D eigenvalue weighted by Crippen LogP contribution is 2.10. The van der Waals surface area contributed by atoms with Crippen molar-refractivity contribution >= 4 is 0 Å². The Labute approximate surface area is 113 Å². The van der Waals surface area contributed by atoms with E-state index in [0.29, 0.717) is 0 Å². The van der Waals surface area contributed by atoms with Crippen LogP contribution in [0, 0.1) is 6.92 Å². The first-order valence-corrected chi connectivity index (χ1v) is 7.87. The number of nitrogens with one attached hydrogen (secondary N) is 1. The molecule has 2 heteroatoms. The van der Waals surface area contributed by atoms with E-state index in [-0.39, 0.29) is 0 Å². The molecule has 0 radical (unpaired) electrons. The average Bonchev–Trinajstić information content (AvgIpc) is 2.77. The highest BCUT2D eigenvalue weighted by atomic mass is 15.0. The fraction of sp³-hybridized carbons (Fsp3) is 0.812. The molecule has 0 saturated heterocycles. The Kier molecular flexibility index (Phi) is 8.62. The van der Waals surface area contributed by atoms with Gasteiger partial charge in [0.1, 0.15) is 11.9 Å². The molecular formula is C16H31N2+. The van der Waals surface area contributed by atoms with Crippen LogP contribution in [0.5, 0.6) is 0 Å². The Morgan fingerprint density at radius 3 is 1.94 bits per heavy atom. The molecule has 1 aromatic heterocycles. The summed E-state index contributed by atoms with van der Waals surface area (Å²) in [5.74, 6) is 0. The van der Waals surface area contributed by atoms with Gasteiger partial charge in [0, 0.05) is 6.92 Å². The van der Waals surface area contributed by atoms with Crippen molar-refractivity contribution in [1.29, 1.82) is 0 Å². The lowest BCUT2D eigenvalue weighted by Crippen LogP contribution is -2.30. The van der Waals surface area contributed by atoms with Crippen molar-refractivity contribution in [2.45, 2.75) is 84.6 Å². The predicted octanol–water partition coefficient (Wildman–Crippen LogP) is 4.53. The molecule has 1 aromatic rings. The normalized spacial score (nSPS) is 11.0. The zero-order valence-electron chi connectivity index (χ0n) is 12.4. The molecule has 0 amide bonds. The molecule has 0 aliphatic heterocycles. The summed E-state index contributed by atoms with van der Waals surface area (Å²) >= 11 is 0. The third-order valence-electron chi connectivity index (χ3n) is 3.59. The van der Waals surface area contributed by atoms with Crippen LogP contribution in [0.1, 0.15) is 76.8 Å². The molecule has 0 atom stereocenters. The third-order valence-corrected chi connectivity index (χ3v) is 3.59. The monoisotopic (exact) mass is 251 g/mol. The Hall–Kier alpha value is -0.790. The van der Waals surface area contributed by atoms with Crippen LogP contribution in [-0.4, -0.2) is 4.98 Å². The minimum atomic E-state index is 1.17. The van der Waals surface area contributed by atoms with Crippen LogP contribution in [0.4, 0.5) is 0 Å². The van der Waals surface area contributed by atoms with Crippen molar-refractivity contribution in [1.82, 2.24) is 4.98 Å². The number of imidazole rings is 1. The average molecular weight is 251 g/mol. The highest BCUT2D eigenvalue weighted by molar-refractivity contribution is 4.82. The lowest BCUT2D eigenvalue weighted by Gasteiger charge is -2.01. The predicted molar refractivity (Wildman–Crippen MR) is 77.6 cm³/mol. The first-order chi connectivity index (χ1) is 8.83. The summed E-state index contributed by atoms with van der Waals surface area (Å²) in [6.07, 6.45) is 18.4. The second kappa shape index (κ2) is 10.2. The molecule has 1 rings (SSSR count). The van der Waals surface area contributed by atoms with Crippen LogP contribution in [0.2, 0.25) is 0 Å². The maximum Gasteiger partial charge on any atom is 0.241 e. The quantitative estimate of drug-likeness (QED) is 0.440. The second-order valence-corrected chi connectivity index (χ2v) is 5.51. The van der Waals surface area contributed by atoms with Gasteiger partial charge in [0.2, 0.25) is 6.33 Å². The van der Waals surface area contributed by atoms with Gasteiger partial charge in [-0.15, -0.1) is 0 Å². The number of aryl methyl sites for hydroxylation is 2. The van der Waals surface area contributed by atoms with E-state index in [1.807, 2.05) is 0 Å². The maximum absolute atomic E-state index is 3.22. The van der Waals surface area contributed by atoms with Gasteiger partial charge in [-0.05, 0) is 12.8 Å². The van der Waals surface area contributed by atoms with Crippen molar-refractivity contribution in [2.75, 3.05) is 0 Å². The van der Waals surface area contributed by atoms with Gasteiger partial charge < -0.3 is 0 Å². The van der Waals surface area contributed by atoms with Crippen molar-refractivity contribution in [3.63, 3.8) is 0 Å². The Bertz CT molecular complexity index is 291. The zero-order valence-corrected chi connectivity index (χ0v) is 12.4. The topological polar surface area (TPSA) is 19.7 Å². The molecule has 1 N–H and O–H groups in total. The summed E-state index contributed by atoms with van der Waals surface area (Å²) in [7, 11) is 0. The fourth-order valence-electron chi connectivity index (χ4n) is 2.42. The molecule has 0 bridgehead atoms. The van der Waals surface area contributed by atoms with Gasteiger partial charge in [0.25, 0.3) is 0 Å². The number of nitrogens with zero attached hydrogens (tertiary/aromatic N) is 1. The number of aromatic nitrogens is 2. The van der Waals surface area contributed by atoms with Crippen molar-refractivity contribution in [3.8, 4) is 0 Å². The molecule has 0 aliphatic rings. The van der Waals surface area contributed by atoms with Crippen LogP contribution >= 0.6 is 0 Å². The van der Waals surface area contributed by atoms with Gasteiger partial charge in [-0.2, -0.15) is 0 Å². The van der Waals surface area contributed by atoms with Gasteiger partial charge in [0.05, 0.1) is 6.54 Å². The first-order valence-electron chi connectivity index (χ1n) is 7.87. The molecule has 1 heterocycles. The van der Waals surface area contributed by atoms with Crippen LogP contribution in [0.15, 0.2) is 12.5 Å². The largest absolute Gasteiger partial charge is 0.248 e. The molecule has 0 aliphatic carbocycles. The molecule has 104 valence electrons. The summed E-state index contributed by atoms with van der Waals surface area (Å²) < 4.78 is 2.26. The van der Waals surface area contributed by atoms with Crippen molar-refractivity contribution in [2.24, 2.45) is 0 Å². The smallest absolute Gasteiger partial charge is 0.241 e. The van der Waals surface area contributed by atoms with Gasteiger partial charge in [-0.1, -0.05) is 58.3 Å². The summed E-state index contributed by atoms with van der Waals surface area (Å²) in [4.78, 5) is 3.22. The molecule has 0 aromatic carbocycles. The van der Waals surface area contributed by atoms with Gasteiger partial charge in [0.15, 0.2) is 0 Å². The van der Waals surface area contributed by atoms with Gasteiger partial charge >= 0.3 is 0 Å². The van der Waals surface area contributed by atoms with E-state index in [9.17, 15) is 0 Å². The van der Waals surface area contributed by atoms with E-state index < -0.39 is 0 Å². The number of H-pyrrole nitrogens is 1. The van der Waals surface area contributed by atoms with E-state index in [1.54, 1.807) is 0 Å². The number of hydrogen-bond donors (Lipinski definition) is 1. The van der Waals surface area contributed by atoms with Gasteiger partial charge in [-0.25, -0.2) is 9.55 Å². The second-order valence-electron chi connectivity index (χ2n) is 5.51. The SMILES string of the molecule is CCCCCCCCCCCC[n+]1c[nH]c(C)c1. The zero-order chi connectivity index (χ0) is 13.1.